The van der Waals surface area contributed by atoms with Gasteiger partial charge in [0.15, 0.2) is 0 Å². The molecule has 0 saturated heterocycles. The largest absolute Gasteiger partial charge is 0.497 e. The predicted octanol–water partition coefficient (Wildman–Crippen LogP) is 3.85. The summed E-state index contributed by atoms with van der Waals surface area (Å²) in [6, 6.07) is 9.65. The van der Waals surface area contributed by atoms with Crippen LogP contribution in [0.5, 0.6) is 11.6 Å². The number of benzene rings is 1. The van der Waals surface area contributed by atoms with Crippen molar-refractivity contribution in [2.45, 2.75) is 9.79 Å². The molecule has 0 aliphatic heterocycles. The molecule has 3 rings (SSSR count). The molecule has 2 heterocycles. The molecule has 108 valence electrons. The van der Waals surface area contributed by atoms with Crippen LogP contribution in [0.2, 0.25) is 0 Å². The molecular weight excluding hydrogens is 308 g/mol. The Morgan fingerprint density at radius 1 is 1.38 bits per heavy atom. The number of rotatable bonds is 4. The second-order valence-electron chi connectivity index (χ2n) is 4.15. The van der Waals surface area contributed by atoms with E-state index in [0.717, 1.165) is 25.8 Å². The summed E-state index contributed by atoms with van der Waals surface area (Å²) in [7, 11) is 1.62. The van der Waals surface area contributed by atoms with Gasteiger partial charge in [0, 0.05) is 10.3 Å². The number of aromatic amines is 1. The highest BCUT2D eigenvalue weighted by atomic mass is 32.2. The van der Waals surface area contributed by atoms with Gasteiger partial charge in [-0.25, -0.2) is 4.79 Å². The molecule has 0 atom stereocenters. The highest BCUT2D eigenvalue weighted by Gasteiger charge is 2.17. The van der Waals surface area contributed by atoms with Crippen molar-refractivity contribution in [3.63, 3.8) is 0 Å². The third kappa shape index (κ3) is 2.84. The van der Waals surface area contributed by atoms with Gasteiger partial charge in [-0.1, -0.05) is 17.8 Å². The molecule has 3 N–H and O–H groups in total. The van der Waals surface area contributed by atoms with Crippen LogP contribution < -0.4 is 15.2 Å². The van der Waals surface area contributed by atoms with E-state index in [9.17, 15) is 4.79 Å². The van der Waals surface area contributed by atoms with Gasteiger partial charge in [-0.15, -0.1) is 11.3 Å². The Morgan fingerprint density at radius 2 is 2.24 bits per heavy atom. The van der Waals surface area contributed by atoms with Crippen LogP contribution in [0.25, 0.3) is 10.2 Å². The van der Waals surface area contributed by atoms with Gasteiger partial charge >= 0.3 is 6.09 Å². The number of ether oxygens (including phenoxy) is 2. The normalized spacial score (nSPS) is 10.7. The van der Waals surface area contributed by atoms with Gasteiger partial charge in [0.25, 0.3) is 0 Å². The van der Waals surface area contributed by atoms with E-state index < -0.39 is 6.09 Å². The van der Waals surface area contributed by atoms with E-state index >= 15 is 0 Å². The molecule has 0 unspecified atom stereocenters. The number of amides is 1. The third-order valence-electron chi connectivity index (χ3n) is 2.81. The second kappa shape index (κ2) is 5.71. The molecule has 5 nitrogen and oxygen atoms in total. The number of methoxy groups -OCH3 is 1. The summed E-state index contributed by atoms with van der Waals surface area (Å²) in [5.41, 5.74) is 5.12. The summed E-state index contributed by atoms with van der Waals surface area (Å²) in [5, 5.41) is 2.98. The fraction of sp³-hybridized carbons (Fsp3) is 0.0714. The SMILES string of the molecule is COc1cccc(Sc2c(OC(N)=O)[nH]c3sccc23)c1. The van der Waals surface area contributed by atoms with Crippen molar-refractivity contribution < 1.29 is 14.3 Å². The summed E-state index contributed by atoms with van der Waals surface area (Å²) in [6.45, 7) is 0. The van der Waals surface area contributed by atoms with E-state index in [1.165, 1.54) is 11.8 Å². The number of nitrogens with one attached hydrogen (secondary N) is 1. The Hall–Kier alpha value is -2.12. The van der Waals surface area contributed by atoms with Crippen LogP contribution in [-0.2, 0) is 0 Å². The van der Waals surface area contributed by atoms with Crippen molar-refractivity contribution in [1.82, 2.24) is 4.98 Å². The average Bonchev–Trinajstić information content (AvgIpc) is 3.02. The quantitative estimate of drug-likeness (QED) is 0.765. The molecule has 0 bridgehead atoms. The maximum Gasteiger partial charge on any atom is 0.411 e. The van der Waals surface area contributed by atoms with Crippen molar-refractivity contribution in [2.24, 2.45) is 5.73 Å². The Kier molecular flexibility index (Phi) is 3.76. The molecule has 0 aliphatic rings. The van der Waals surface area contributed by atoms with Gasteiger partial charge in [0.1, 0.15) is 10.6 Å². The van der Waals surface area contributed by atoms with Gasteiger partial charge in [0.2, 0.25) is 5.88 Å². The Bertz CT molecular complexity index is 794. The molecule has 1 aromatic carbocycles. The van der Waals surface area contributed by atoms with Crippen LogP contribution in [0.4, 0.5) is 4.79 Å². The van der Waals surface area contributed by atoms with E-state index in [4.69, 9.17) is 15.2 Å². The minimum absolute atomic E-state index is 0.372. The molecule has 7 heteroatoms. The van der Waals surface area contributed by atoms with Crippen molar-refractivity contribution in [1.29, 1.82) is 0 Å². The lowest BCUT2D eigenvalue weighted by atomic mass is 10.3. The standard InChI is InChI=1S/C14H12N2O3S2/c1-18-8-3-2-4-9(7-8)21-11-10-5-6-20-13(10)16-12(11)19-14(15)17/h2-7,16H,1H3,(H2,15,17). The number of primary amides is 1. The Balaban J connectivity index is 2.01. The summed E-state index contributed by atoms with van der Waals surface area (Å²) >= 11 is 3.03. The zero-order chi connectivity index (χ0) is 14.8. The first-order valence-electron chi connectivity index (χ1n) is 6.05. The van der Waals surface area contributed by atoms with E-state index in [1.54, 1.807) is 18.4 Å². The van der Waals surface area contributed by atoms with Crippen LogP contribution in [0, 0.1) is 0 Å². The number of hydrogen-bond donors (Lipinski definition) is 2. The van der Waals surface area contributed by atoms with Gasteiger partial charge in [-0.3, -0.25) is 0 Å². The first kappa shape index (κ1) is 13.8. The maximum absolute atomic E-state index is 11.0. The maximum atomic E-state index is 11.0. The third-order valence-corrected chi connectivity index (χ3v) is 4.74. The van der Waals surface area contributed by atoms with Crippen LogP contribution in [0.1, 0.15) is 0 Å². The highest BCUT2D eigenvalue weighted by molar-refractivity contribution is 7.99. The smallest absolute Gasteiger partial charge is 0.411 e. The van der Waals surface area contributed by atoms with Gasteiger partial charge < -0.3 is 20.2 Å². The molecular formula is C14H12N2O3S2. The van der Waals surface area contributed by atoms with Gasteiger partial charge in [-0.2, -0.15) is 0 Å². The van der Waals surface area contributed by atoms with E-state index in [-0.39, 0.29) is 0 Å². The molecule has 0 aliphatic carbocycles. The lowest BCUT2D eigenvalue weighted by molar-refractivity contribution is 0.208. The molecule has 0 fully saturated rings. The number of carbonyl (C=O) groups excluding carboxylic acids is 1. The molecule has 2 aromatic heterocycles. The number of hydrogen-bond acceptors (Lipinski definition) is 5. The minimum Gasteiger partial charge on any atom is -0.497 e. The predicted molar refractivity (Wildman–Crippen MR) is 83.5 cm³/mol. The zero-order valence-electron chi connectivity index (χ0n) is 11.1. The summed E-state index contributed by atoms with van der Waals surface area (Å²) < 4.78 is 10.3. The Morgan fingerprint density at radius 3 is 3.00 bits per heavy atom. The number of H-pyrrole nitrogens is 1. The summed E-state index contributed by atoms with van der Waals surface area (Å²) in [4.78, 5) is 16.8. The zero-order valence-corrected chi connectivity index (χ0v) is 12.7. The lowest BCUT2D eigenvalue weighted by Crippen LogP contribution is -2.16. The summed E-state index contributed by atoms with van der Waals surface area (Å²) in [6.07, 6.45) is -0.837. The molecule has 0 spiro atoms. The average molecular weight is 320 g/mol. The summed E-state index contributed by atoms with van der Waals surface area (Å²) in [5.74, 6) is 1.15. The molecule has 0 radical (unpaired) electrons. The first-order valence-corrected chi connectivity index (χ1v) is 7.75. The minimum atomic E-state index is -0.837. The monoisotopic (exact) mass is 320 g/mol. The topological polar surface area (TPSA) is 77.3 Å². The van der Waals surface area contributed by atoms with Crippen LogP contribution >= 0.6 is 23.1 Å². The van der Waals surface area contributed by atoms with E-state index in [1.807, 2.05) is 35.7 Å². The van der Waals surface area contributed by atoms with Crippen molar-refractivity contribution in [2.75, 3.05) is 7.11 Å². The number of aromatic nitrogens is 1. The van der Waals surface area contributed by atoms with Crippen LogP contribution in [0.15, 0.2) is 45.5 Å². The molecule has 0 saturated carbocycles. The molecule has 1 amide bonds. The van der Waals surface area contributed by atoms with Crippen molar-refractivity contribution in [3.8, 4) is 11.6 Å². The fourth-order valence-corrected chi connectivity index (χ4v) is 3.80. The van der Waals surface area contributed by atoms with Crippen molar-refractivity contribution in [3.05, 3.63) is 35.7 Å². The number of thiophene rings is 1. The second-order valence-corrected chi connectivity index (χ2v) is 6.15. The first-order chi connectivity index (χ1) is 10.2. The van der Waals surface area contributed by atoms with E-state index in [0.29, 0.717) is 5.88 Å². The van der Waals surface area contributed by atoms with Crippen molar-refractivity contribution >= 4 is 39.4 Å². The van der Waals surface area contributed by atoms with Crippen LogP contribution in [-0.4, -0.2) is 18.2 Å². The molecule has 3 aromatic rings. The van der Waals surface area contributed by atoms with Gasteiger partial charge in [-0.05, 0) is 29.6 Å². The number of nitrogens with two attached hydrogens (primary N) is 1. The lowest BCUT2D eigenvalue weighted by Gasteiger charge is -2.05. The van der Waals surface area contributed by atoms with Crippen LogP contribution in [0.3, 0.4) is 0 Å². The fourth-order valence-electron chi connectivity index (χ4n) is 1.92. The molecule has 21 heavy (non-hydrogen) atoms. The van der Waals surface area contributed by atoms with Gasteiger partial charge in [0.05, 0.1) is 12.0 Å². The number of fused-ring (bicyclic) bond motifs is 1. The Labute approximate surface area is 129 Å². The number of carbonyl (C=O) groups is 1. The highest BCUT2D eigenvalue weighted by Crippen LogP contribution is 2.42. The van der Waals surface area contributed by atoms with E-state index in [2.05, 4.69) is 4.98 Å².